The lowest BCUT2D eigenvalue weighted by Gasteiger charge is -1.70. The van der Waals surface area contributed by atoms with Crippen molar-refractivity contribution in [2.24, 2.45) is 0 Å². The molecule has 0 aromatic carbocycles. The topological polar surface area (TPSA) is 74.6 Å². The van der Waals surface area contributed by atoms with Crippen LogP contribution in [0.2, 0.25) is 0 Å². The fourth-order valence-corrected chi connectivity index (χ4v) is 0. The minimum Gasteiger partial charge on any atom is -0.481 e. The van der Waals surface area contributed by atoms with E-state index in [0.29, 0.717) is 0 Å². The van der Waals surface area contributed by atoms with Gasteiger partial charge >= 0.3 is 11.9 Å². The third-order valence-corrected chi connectivity index (χ3v) is 1.53. The van der Waals surface area contributed by atoms with Gasteiger partial charge in [-0.05, 0) is 0 Å². The van der Waals surface area contributed by atoms with Gasteiger partial charge in [0.2, 0.25) is 0 Å². The summed E-state index contributed by atoms with van der Waals surface area (Å²) < 4.78 is 0.384. The van der Waals surface area contributed by atoms with Crippen molar-refractivity contribution in [3.63, 3.8) is 0 Å². The Bertz CT molecular complexity index is 99.8. The summed E-state index contributed by atoms with van der Waals surface area (Å²) in [5, 5.41) is 15.4. The quantitative estimate of drug-likeness (QED) is 0.561. The maximum Gasteiger partial charge on any atom is 0.313 e. The molecule has 0 radical (unpaired) electrons. The second kappa shape index (κ2) is 9.40. The lowest BCUT2D eigenvalue weighted by atomic mass is 10.9. The molecular formula is C4H6I2O4. The summed E-state index contributed by atoms with van der Waals surface area (Å²) in [6.45, 7) is 0. The van der Waals surface area contributed by atoms with E-state index in [1.54, 1.807) is 45.2 Å². The van der Waals surface area contributed by atoms with Gasteiger partial charge in [-0.15, -0.1) is 0 Å². The molecule has 0 amide bonds. The number of carboxylic acids is 2. The fraction of sp³-hybridized carbons (Fsp3) is 0.500. The predicted octanol–water partition coefficient (Wildman–Crippen LogP) is 1.01. The maximum atomic E-state index is 9.36. The molecule has 0 atom stereocenters. The van der Waals surface area contributed by atoms with E-state index in [-0.39, 0.29) is 8.86 Å². The van der Waals surface area contributed by atoms with Crippen LogP contribution in [-0.4, -0.2) is 31.0 Å². The van der Waals surface area contributed by atoms with Crippen molar-refractivity contribution in [2.75, 3.05) is 8.86 Å². The van der Waals surface area contributed by atoms with Gasteiger partial charge < -0.3 is 10.2 Å². The van der Waals surface area contributed by atoms with Crippen LogP contribution < -0.4 is 0 Å². The Labute approximate surface area is 85.3 Å². The third kappa shape index (κ3) is 23.8. The Hall–Kier alpha value is 0.400. The van der Waals surface area contributed by atoms with E-state index in [2.05, 4.69) is 0 Å². The Morgan fingerprint density at radius 2 is 1.10 bits per heavy atom. The number of carbonyl (C=O) groups is 2. The van der Waals surface area contributed by atoms with E-state index >= 15 is 0 Å². The standard InChI is InChI=1S/2C2H3IO2/c2*3-1-2(4)5/h2*1H2,(H,4,5). The van der Waals surface area contributed by atoms with Crippen LogP contribution in [0.1, 0.15) is 0 Å². The molecule has 0 heterocycles. The van der Waals surface area contributed by atoms with Crippen LogP contribution in [0, 0.1) is 0 Å². The van der Waals surface area contributed by atoms with E-state index in [1.807, 2.05) is 0 Å². The van der Waals surface area contributed by atoms with Crippen molar-refractivity contribution in [1.82, 2.24) is 0 Å². The largest absolute Gasteiger partial charge is 0.481 e. The molecule has 0 rings (SSSR count). The Morgan fingerprint density at radius 3 is 1.10 bits per heavy atom. The van der Waals surface area contributed by atoms with Crippen molar-refractivity contribution in [3.05, 3.63) is 0 Å². The van der Waals surface area contributed by atoms with Crippen molar-refractivity contribution < 1.29 is 19.8 Å². The highest BCUT2D eigenvalue weighted by molar-refractivity contribution is 14.1. The molecule has 0 saturated heterocycles. The van der Waals surface area contributed by atoms with E-state index in [9.17, 15) is 9.59 Å². The van der Waals surface area contributed by atoms with E-state index in [1.165, 1.54) is 0 Å². The molecule has 2 N–H and O–H groups in total. The minimum absolute atomic E-state index is 0.192. The molecule has 10 heavy (non-hydrogen) atoms. The van der Waals surface area contributed by atoms with E-state index in [0.717, 1.165) is 0 Å². The van der Waals surface area contributed by atoms with Gasteiger partial charge in [0.25, 0.3) is 0 Å². The summed E-state index contributed by atoms with van der Waals surface area (Å²) in [4.78, 5) is 18.7. The molecule has 4 nitrogen and oxygen atoms in total. The zero-order valence-corrected chi connectivity index (χ0v) is 9.20. The average molecular weight is 372 g/mol. The molecule has 0 bridgehead atoms. The lowest BCUT2D eigenvalue weighted by Crippen LogP contribution is -1.91. The second-order valence-corrected chi connectivity index (χ2v) is 2.58. The molecule has 0 aromatic rings. The number of alkyl halides is 2. The highest BCUT2D eigenvalue weighted by atomic mass is 127. The van der Waals surface area contributed by atoms with Crippen LogP contribution in [0.15, 0.2) is 0 Å². The first-order chi connectivity index (χ1) is 4.54. The Morgan fingerprint density at radius 1 is 1.00 bits per heavy atom. The smallest absolute Gasteiger partial charge is 0.313 e. The van der Waals surface area contributed by atoms with Crippen LogP contribution in [-0.2, 0) is 9.59 Å². The molecule has 0 unspecified atom stereocenters. The molecule has 0 fully saturated rings. The number of hydrogen-bond donors (Lipinski definition) is 2. The highest BCUT2D eigenvalue weighted by Crippen LogP contribution is 1.75. The minimum atomic E-state index is -0.759. The molecule has 0 aliphatic carbocycles. The molecule has 0 saturated carbocycles. The van der Waals surface area contributed by atoms with E-state index < -0.39 is 11.9 Å². The van der Waals surface area contributed by atoms with Crippen molar-refractivity contribution in [1.29, 1.82) is 0 Å². The number of rotatable bonds is 2. The third-order valence-electron chi connectivity index (χ3n) is 0.229. The highest BCUT2D eigenvalue weighted by Gasteiger charge is 1.83. The summed E-state index contributed by atoms with van der Waals surface area (Å²) in [6.07, 6.45) is 0. The Kier molecular flexibility index (Phi) is 12.2. The molecule has 6 heteroatoms. The summed E-state index contributed by atoms with van der Waals surface area (Å²) in [7, 11) is 0. The number of halogens is 2. The predicted molar refractivity (Wildman–Crippen MR) is 53.0 cm³/mol. The van der Waals surface area contributed by atoms with Crippen molar-refractivity contribution in [2.45, 2.75) is 0 Å². The fourth-order valence-electron chi connectivity index (χ4n) is 0. The van der Waals surface area contributed by atoms with E-state index in [4.69, 9.17) is 10.2 Å². The monoisotopic (exact) mass is 372 g/mol. The summed E-state index contributed by atoms with van der Waals surface area (Å²) in [6, 6.07) is 0. The zero-order chi connectivity index (χ0) is 8.57. The first-order valence-corrected chi connectivity index (χ1v) is 5.15. The summed E-state index contributed by atoms with van der Waals surface area (Å²) >= 11 is 3.56. The SMILES string of the molecule is O=C(O)CI.O=C(O)CI. The lowest BCUT2D eigenvalue weighted by molar-refractivity contribution is -0.134. The summed E-state index contributed by atoms with van der Waals surface area (Å²) in [5.74, 6) is -1.52. The summed E-state index contributed by atoms with van der Waals surface area (Å²) in [5.41, 5.74) is 0. The average Bonchev–Trinajstić information content (AvgIpc) is 1.89. The molecule has 60 valence electrons. The van der Waals surface area contributed by atoms with Gasteiger partial charge in [0.05, 0.1) is 8.86 Å². The van der Waals surface area contributed by atoms with Crippen molar-refractivity contribution in [3.8, 4) is 0 Å². The second-order valence-electron chi connectivity index (χ2n) is 1.05. The van der Waals surface area contributed by atoms with Crippen LogP contribution in [0.25, 0.3) is 0 Å². The van der Waals surface area contributed by atoms with Gasteiger partial charge in [-0.1, -0.05) is 45.2 Å². The molecular weight excluding hydrogens is 366 g/mol. The van der Waals surface area contributed by atoms with Crippen molar-refractivity contribution >= 4 is 57.1 Å². The molecule has 0 spiro atoms. The van der Waals surface area contributed by atoms with Gasteiger partial charge in [0.1, 0.15) is 0 Å². The number of aliphatic carboxylic acids is 2. The van der Waals surface area contributed by atoms with Gasteiger partial charge in [-0.3, -0.25) is 9.59 Å². The zero-order valence-electron chi connectivity index (χ0n) is 4.88. The first-order valence-electron chi connectivity index (χ1n) is 2.10. The van der Waals surface area contributed by atoms with Gasteiger partial charge in [-0.2, -0.15) is 0 Å². The van der Waals surface area contributed by atoms with Gasteiger partial charge in [0, 0.05) is 0 Å². The van der Waals surface area contributed by atoms with Crippen LogP contribution >= 0.6 is 45.2 Å². The number of hydrogen-bond acceptors (Lipinski definition) is 2. The molecule has 0 aromatic heterocycles. The molecule has 0 aliphatic heterocycles. The van der Waals surface area contributed by atoms with Gasteiger partial charge in [0.15, 0.2) is 0 Å². The maximum absolute atomic E-state index is 9.36. The number of carboxylic acid groups (broad SMARTS) is 2. The van der Waals surface area contributed by atoms with Crippen LogP contribution in [0.5, 0.6) is 0 Å². The van der Waals surface area contributed by atoms with Crippen LogP contribution in [0.3, 0.4) is 0 Å². The normalized spacial score (nSPS) is 7.40. The van der Waals surface area contributed by atoms with Gasteiger partial charge in [-0.25, -0.2) is 0 Å². The first kappa shape index (κ1) is 13.0. The Balaban J connectivity index is 0. The molecule has 0 aliphatic rings. The van der Waals surface area contributed by atoms with Crippen LogP contribution in [0.4, 0.5) is 0 Å².